The second kappa shape index (κ2) is 11.4. The molecule has 0 unspecified atom stereocenters. The Morgan fingerprint density at radius 2 is 1.68 bits per heavy atom. The van der Waals surface area contributed by atoms with Crippen LogP contribution in [0.2, 0.25) is 0 Å². The van der Waals surface area contributed by atoms with Crippen LogP contribution >= 0.6 is 0 Å². The molecule has 1 amide bonds. The van der Waals surface area contributed by atoms with E-state index in [1.165, 1.54) is 20.3 Å². The fraction of sp³-hybridized carbons (Fsp3) is 0.385. The number of carbonyl (C=O) groups is 2. The fourth-order valence-corrected chi connectivity index (χ4v) is 4.33. The first-order valence-electron chi connectivity index (χ1n) is 11.5. The van der Waals surface area contributed by atoms with E-state index < -0.39 is 58.8 Å². The molecule has 0 aromatic heterocycles. The monoisotopic (exact) mass is 545 g/mol. The van der Waals surface area contributed by atoms with E-state index in [0.29, 0.717) is 17.1 Å². The van der Waals surface area contributed by atoms with Gasteiger partial charge in [-0.25, -0.2) is 0 Å². The molecule has 0 aliphatic heterocycles. The largest absolute Gasteiger partial charge is 0.497 e. The lowest BCUT2D eigenvalue weighted by atomic mass is 9.84. The lowest BCUT2D eigenvalue weighted by Crippen LogP contribution is -2.35. The first-order valence-corrected chi connectivity index (χ1v) is 11.5. The standard InChI is InChI=1S/C26H25F6NO5/c1-4-38-24(35)22(19-13-17(36-2)8-10-21(19)37-3)14-5-7-16(11-14)33-23(34)18-12-15(25(27,28)29)6-9-20(18)26(30,31)32/h5-10,12-14,16,22H,4,11H2,1-3H3,(H,33,34)/t14-,16+,22-/m0/s1. The molecule has 0 radical (unpaired) electrons. The maximum absolute atomic E-state index is 13.5. The molecule has 1 aliphatic carbocycles. The molecule has 6 nitrogen and oxygen atoms in total. The van der Waals surface area contributed by atoms with Crippen molar-refractivity contribution in [3.8, 4) is 11.5 Å². The highest BCUT2D eigenvalue weighted by molar-refractivity contribution is 5.96. The quantitative estimate of drug-likeness (QED) is 0.259. The Bertz CT molecular complexity index is 1210. The lowest BCUT2D eigenvalue weighted by Gasteiger charge is -2.24. The minimum Gasteiger partial charge on any atom is -0.497 e. The van der Waals surface area contributed by atoms with Gasteiger partial charge in [-0.3, -0.25) is 9.59 Å². The van der Waals surface area contributed by atoms with Crippen molar-refractivity contribution in [2.45, 2.75) is 37.7 Å². The Labute approximate surface area is 214 Å². The molecule has 3 rings (SSSR count). The minimum absolute atomic E-state index is 0.0654. The maximum Gasteiger partial charge on any atom is 0.417 e. The summed E-state index contributed by atoms with van der Waals surface area (Å²) in [6.07, 6.45) is -6.86. The highest BCUT2D eigenvalue weighted by atomic mass is 19.4. The normalized spacial score (nSPS) is 18.1. The zero-order chi connectivity index (χ0) is 28.3. The number of methoxy groups -OCH3 is 2. The van der Waals surface area contributed by atoms with E-state index in [-0.39, 0.29) is 31.2 Å². The molecule has 0 bridgehead atoms. The summed E-state index contributed by atoms with van der Waals surface area (Å²) < 4.78 is 95.6. The van der Waals surface area contributed by atoms with Gasteiger partial charge >= 0.3 is 18.3 Å². The lowest BCUT2D eigenvalue weighted by molar-refractivity contribution is -0.146. The Balaban J connectivity index is 1.89. The SMILES string of the molecule is CCOC(=O)[C@H](c1cc(OC)ccc1OC)[C@H]1C=C[C@@H](NC(=O)c2cc(C(F)(F)F)ccc2C(F)(F)F)C1. The molecule has 12 heteroatoms. The van der Waals surface area contributed by atoms with Gasteiger partial charge in [0.25, 0.3) is 5.91 Å². The van der Waals surface area contributed by atoms with E-state index >= 15 is 0 Å². The number of benzene rings is 2. The summed E-state index contributed by atoms with van der Waals surface area (Å²) in [6, 6.07) is 4.65. The second-order valence-corrected chi connectivity index (χ2v) is 8.46. The molecule has 0 fully saturated rings. The molecule has 1 aliphatic rings. The summed E-state index contributed by atoms with van der Waals surface area (Å²) in [5.74, 6) is -2.63. The summed E-state index contributed by atoms with van der Waals surface area (Å²) >= 11 is 0. The van der Waals surface area contributed by atoms with Crippen LogP contribution in [0.3, 0.4) is 0 Å². The van der Waals surface area contributed by atoms with Crippen molar-refractivity contribution >= 4 is 11.9 Å². The molecule has 0 saturated carbocycles. The van der Waals surface area contributed by atoms with E-state index in [0.717, 1.165) is 0 Å². The van der Waals surface area contributed by atoms with Crippen molar-refractivity contribution in [1.29, 1.82) is 0 Å². The first-order chi connectivity index (χ1) is 17.8. The fourth-order valence-electron chi connectivity index (χ4n) is 4.33. The topological polar surface area (TPSA) is 73.9 Å². The number of esters is 1. The number of ether oxygens (including phenoxy) is 3. The van der Waals surface area contributed by atoms with E-state index in [1.807, 2.05) is 0 Å². The Hall–Kier alpha value is -3.70. The van der Waals surface area contributed by atoms with Gasteiger partial charge in [0.05, 0.1) is 43.4 Å². The van der Waals surface area contributed by atoms with Crippen LogP contribution in [0.5, 0.6) is 11.5 Å². The van der Waals surface area contributed by atoms with Gasteiger partial charge in [0.1, 0.15) is 11.5 Å². The summed E-state index contributed by atoms with van der Waals surface area (Å²) in [5.41, 5.74) is -3.60. The third-order valence-electron chi connectivity index (χ3n) is 6.07. The van der Waals surface area contributed by atoms with Gasteiger partial charge in [-0.05, 0) is 55.7 Å². The first kappa shape index (κ1) is 28.9. The Morgan fingerprint density at radius 3 is 2.26 bits per heavy atom. The van der Waals surface area contributed by atoms with Crippen molar-refractivity contribution in [2.24, 2.45) is 5.92 Å². The average Bonchev–Trinajstić information content (AvgIpc) is 3.30. The number of halogens is 6. The molecule has 0 saturated heterocycles. The number of rotatable bonds is 8. The van der Waals surface area contributed by atoms with Crippen LogP contribution in [-0.4, -0.2) is 38.7 Å². The molecular weight excluding hydrogens is 520 g/mol. The maximum atomic E-state index is 13.5. The van der Waals surface area contributed by atoms with Gasteiger partial charge in [-0.15, -0.1) is 0 Å². The molecule has 0 spiro atoms. The molecule has 3 atom stereocenters. The number of alkyl halides is 6. The van der Waals surface area contributed by atoms with Crippen LogP contribution in [0, 0.1) is 5.92 Å². The Kier molecular flexibility index (Phi) is 8.63. The molecule has 206 valence electrons. The summed E-state index contributed by atoms with van der Waals surface area (Å²) in [4.78, 5) is 25.7. The van der Waals surface area contributed by atoms with E-state index in [4.69, 9.17) is 14.2 Å². The van der Waals surface area contributed by atoms with Crippen LogP contribution in [0.1, 0.15) is 46.3 Å². The smallest absolute Gasteiger partial charge is 0.417 e. The summed E-state index contributed by atoms with van der Waals surface area (Å²) in [5, 5.41) is 2.34. The molecule has 38 heavy (non-hydrogen) atoms. The van der Waals surface area contributed by atoms with E-state index in [2.05, 4.69) is 5.32 Å². The van der Waals surface area contributed by atoms with Crippen molar-refractivity contribution in [2.75, 3.05) is 20.8 Å². The van der Waals surface area contributed by atoms with Crippen molar-refractivity contribution in [1.82, 2.24) is 5.32 Å². The van der Waals surface area contributed by atoms with Crippen LogP contribution in [0.4, 0.5) is 26.3 Å². The van der Waals surface area contributed by atoms with E-state index in [1.54, 1.807) is 31.2 Å². The van der Waals surface area contributed by atoms with Gasteiger partial charge in [-0.2, -0.15) is 26.3 Å². The van der Waals surface area contributed by atoms with Gasteiger partial charge in [-0.1, -0.05) is 12.2 Å². The summed E-state index contributed by atoms with van der Waals surface area (Å²) in [6.45, 7) is 1.70. The van der Waals surface area contributed by atoms with Gasteiger partial charge < -0.3 is 19.5 Å². The number of hydrogen-bond donors (Lipinski definition) is 1. The number of amides is 1. The van der Waals surface area contributed by atoms with Gasteiger partial charge in [0.15, 0.2) is 0 Å². The highest BCUT2D eigenvalue weighted by Gasteiger charge is 2.40. The molecular formula is C26H25F6NO5. The zero-order valence-electron chi connectivity index (χ0n) is 20.6. The third-order valence-corrected chi connectivity index (χ3v) is 6.07. The number of allylic oxidation sites excluding steroid dienone is 1. The number of carbonyl (C=O) groups excluding carboxylic acids is 2. The Morgan fingerprint density at radius 1 is 0.974 bits per heavy atom. The number of hydrogen-bond acceptors (Lipinski definition) is 5. The predicted molar refractivity (Wildman–Crippen MR) is 124 cm³/mol. The van der Waals surface area contributed by atoms with Crippen LogP contribution in [0.25, 0.3) is 0 Å². The van der Waals surface area contributed by atoms with Crippen molar-refractivity contribution in [3.63, 3.8) is 0 Å². The third kappa shape index (κ3) is 6.40. The van der Waals surface area contributed by atoms with Gasteiger partial charge in [0.2, 0.25) is 0 Å². The van der Waals surface area contributed by atoms with Crippen molar-refractivity contribution < 1.29 is 50.1 Å². The predicted octanol–water partition coefficient (Wildman–Crippen LogP) is 5.76. The van der Waals surface area contributed by atoms with Crippen LogP contribution in [0.15, 0.2) is 48.6 Å². The van der Waals surface area contributed by atoms with Gasteiger partial charge in [0, 0.05) is 11.6 Å². The van der Waals surface area contributed by atoms with E-state index in [9.17, 15) is 35.9 Å². The minimum atomic E-state index is -5.05. The summed E-state index contributed by atoms with van der Waals surface area (Å²) in [7, 11) is 2.85. The zero-order valence-corrected chi connectivity index (χ0v) is 20.6. The van der Waals surface area contributed by atoms with Crippen LogP contribution < -0.4 is 14.8 Å². The van der Waals surface area contributed by atoms with Crippen LogP contribution in [-0.2, 0) is 21.9 Å². The molecule has 2 aromatic carbocycles. The molecule has 1 N–H and O–H groups in total. The highest BCUT2D eigenvalue weighted by Crippen LogP contribution is 2.41. The number of nitrogens with one attached hydrogen (secondary N) is 1. The van der Waals surface area contributed by atoms with Crippen molar-refractivity contribution in [3.05, 3.63) is 70.8 Å². The molecule has 0 heterocycles. The average molecular weight is 545 g/mol. The molecule has 2 aromatic rings. The second-order valence-electron chi connectivity index (χ2n) is 8.46.